The van der Waals surface area contributed by atoms with E-state index in [0.717, 1.165) is 22.0 Å². The minimum Gasteiger partial charge on any atom is -0.361 e. The fourth-order valence-corrected chi connectivity index (χ4v) is 3.98. The monoisotopic (exact) mass is 463 g/mol. The Labute approximate surface area is 196 Å². The van der Waals surface area contributed by atoms with E-state index in [0.29, 0.717) is 30.0 Å². The van der Waals surface area contributed by atoms with Crippen LogP contribution in [0, 0.1) is 5.82 Å². The molecule has 1 heterocycles. The Morgan fingerprint density at radius 1 is 1.00 bits per heavy atom. The SMILES string of the molecule is O=C(N[C@@H](Cc1c[nH]c2ccccc12)C(=O)NCCc1cccc(F)c1)c1ccccc1Cl. The van der Waals surface area contributed by atoms with E-state index < -0.39 is 11.9 Å². The van der Waals surface area contributed by atoms with Gasteiger partial charge < -0.3 is 15.6 Å². The van der Waals surface area contributed by atoms with Crippen LogP contribution in [-0.4, -0.2) is 29.4 Å². The smallest absolute Gasteiger partial charge is 0.253 e. The number of carbonyl (C=O) groups excluding carboxylic acids is 2. The van der Waals surface area contributed by atoms with E-state index in [-0.39, 0.29) is 11.7 Å². The van der Waals surface area contributed by atoms with Crippen molar-refractivity contribution in [3.63, 3.8) is 0 Å². The molecule has 3 aromatic carbocycles. The number of carbonyl (C=O) groups is 2. The molecule has 0 aliphatic heterocycles. The Bertz CT molecular complexity index is 1290. The maximum atomic E-state index is 13.4. The molecule has 0 unspecified atom stereocenters. The average Bonchev–Trinajstić information content (AvgIpc) is 3.22. The Hall–Kier alpha value is -3.64. The minimum absolute atomic E-state index is 0.298. The van der Waals surface area contributed by atoms with E-state index >= 15 is 0 Å². The second-order valence-electron chi connectivity index (χ2n) is 7.74. The number of amides is 2. The van der Waals surface area contributed by atoms with Gasteiger partial charge in [-0.2, -0.15) is 0 Å². The summed E-state index contributed by atoms with van der Waals surface area (Å²) in [4.78, 5) is 29.1. The highest BCUT2D eigenvalue weighted by Crippen LogP contribution is 2.20. The molecule has 4 rings (SSSR count). The highest BCUT2D eigenvalue weighted by molar-refractivity contribution is 6.33. The van der Waals surface area contributed by atoms with Crippen molar-refractivity contribution >= 4 is 34.3 Å². The van der Waals surface area contributed by atoms with Crippen LogP contribution in [0.2, 0.25) is 5.02 Å². The lowest BCUT2D eigenvalue weighted by molar-refractivity contribution is -0.122. The van der Waals surface area contributed by atoms with Crippen molar-refractivity contribution in [1.29, 1.82) is 0 Å². The van der Waals surface area contributed by atoms with E-state index in [1.165, 1.54) is 12.1 Å². The number of aromatic amines is 1. The molecule has 1 atom stereocenters. The summed E-state index contributed by atoms with van der Waals surface area (Å²) in [7, 11) is 0. The van der Waals surface area contributed by atoms with E-state index in [9.17, 15) is 14.0 Å². The lowest BCUT2D eigenvalue weighted by atomic mass is 10.0. The molecule has 7 heteroatoms. The molecular weight excluding hydrogens is 441 g/mol. The fourth-order valence-electron chi connectivity index (χ4n) is 3.76. The molecule has 0 spiro atoms. The van der Waals surface area contributed by atoms with Gasteiger partial charge in [-0.3, -0.25) is 9.59 Å². The van der Waals surface area contributed by atoms with Crippen LogP contribution in [0.5, 0.6) is 0 Å². The maximum absolute atomic E-state index is 13.4. The third kappa shape index (κ3) is 5.59. The number of hydrogen-bond donors (Lipinski definition) is 3. The summed E-state index contributed by atoms with van der Waals surface area (Å²) in [5.41, 5.74) is 2.95. The zero-order valence-electron chi connectivity index (χ0n) is 17.8. The maximum Gasteiger partial charge on any atom is 0.253 e. The van der Waals surface area contributed by atoms with Gasteiger partial charge in [-0.05, 0) is 47.9 Å². The Morgan fingerprint density at radius 3 is 2.61 bits per heavy atom. The third-order valence-corrected chi connectivity index (χ3v) is 5.77. The van der Waals surface area contributed by atoms with Gasteiger partial charge in [-0.25, -0.2) is 4.39 Å². The van der Waals surface area contributed by atoms with Crippen molar-refractivity contribution in [2.45, 2.75) is 18.9 Å². The van der Waals surface area contributed by atoms with Crippen LogP contribution < -0.4 is 10.6 Å². The van der Waals surface area contributed by atoms with Gasteiger partial charge >= 0.3 is 0 Å². The molecule has 0 saturated carbocycles. The standard InChI is InChI=1S/C26H23ClFN3O2/c27-22-10-3-1-9-21(22)25(32)31-24(15-18-16-30-23-11-4-2-8-20(18)23)26(33)29-13-12-17-6-5-7-19(28)14-17/h1-11,14,16,24,30H,12-13,15H2,(H,29,33)(H,31,32)/t24-/m0/s1. The molecule has 0 aliphatic rings. The first-order chi connectivity index (χ1) is 16.0. The van der Waals surface area contributed by atoms with Crippen LogP contribution in [0.4, 0.5) is 4.39 Å². The second-order valence-corrected chi connectivity index (χ2v) is 8.15. The molecule has 0 saturated heterocycles. The van der Waals surface area contributed by atoms with Gasteiger partial charge in [0.1, 0.15) is 11.9 Å². The summed E-state index contributed by atoms with van der Waals surface area (Å²) in [5.74, 6) is -1.06. The minimum atomic E-state index is -0.819. The molecule has 5 nitrogen and oxygen atoms in total. The molecule has 0 bridgehead atoms. The molecule has 2 amide bonds. The van der Waals surface area contributed by atoms with Gasteiger partial charge in [0, 0.05) is 30.1 Å². The molecule has 0 aliphatic carbocycles. The fraction of sp³-hybridized carbons (Fsp3) is 0.154. The normalized spacial score (nSPS) is 11.8. The average molecular weight is 464 g/mol. The number of hydrogen-bond acceptors (Lipinski definition) is 2. The van der Waals surface area contributed by atoms with Gasteiger partial charge in [-0.15, -0.1) is 0 Å². The van der Waals surface area contributed by atoms with E-state index in [1.54, 1.807) is 36.4 Å². The van der Waals surface area contributed by atoms with Crippen molar-refractivity contribution < 1.29 is 14.0 Å². The molecule has 33 heavy (non-hydrogen) atoms. The van der Waals surface area contributed by atoms with Crippen molar-refractivity contribution in [2.24, 2.45) is 0 Å². The van der Waals surface area contributed by atoms with Crippen LogP contribution in [0.3, 0.4) is 0 Å². The highest BCUT2D eigenvalue weighted by atomic mass is 35.5. The van der Waals surface area contributed by atoms with E-state index in [4.69, 9.17) is 11.6 Å². The number of halogens is 2. The number of aromatic nitrogens is 1. The number of fused-ring (bicyclic) bond motifs is 1. The van der Waals surface area contributed by atoms with Crippen molar-refractivity contribution in [2.75, 3.05) is 6.54 Å². The number of benzene rings is 3. The quantitative estimate of drug-likeness (QED) is 0.355. The molecule has 3 N–H and O–H groups in total. The zero-order valence-corrected chi connectivity index (χ0v) is 18.5. The Morgan fingerprint density at radius 2 is 1.79 bits per heavy atom. The van der Waals surface area contributed by atoms with Crippen LogP contribution in [0.1, 0.15) is 21.5 Å². The van der Waals surface area contributed by atoms with Crippen LogP contribution in [0.25, 0.3) is 10.9 Å². The van der Waals surface area contributed by atoms with Gasteiger partial charge in [0.05, 0.1) is 10.6 Å². The first kappa shape index (κ1) is 22.6. The molecule has 1 aromatic heterocycles. The zero-order chi connectivity index (χ0) is 23.2. The van der Waals surface area contributed by atoms with Crippen molar-refractivity contribution in [1.82, 2.24) is 15.6 Å². The molecule has 4 aromatic rings. The first-order valence-electron chi connectivity index (χ1n) is 10.6. The number of para-hydroxylation sites is 1. The topological polar surface area (TPSA) is 74.0 Å². The van der Waals surface area contributed by atoms with Gasteiger partial charge in [-0.1, -0.05) is 54.1 Å². The van der Waals surface area contributed by atoms with E-state index in [2.05, 4.69) is 15.6 Å². The number of H-pyrrole nitrogens is 1. The van der Waals surface area contributed by atoms with Crippen LogP contribution in [0.15, 0.2) is 79.0 Å². The molecular formula is C26H23ClFN3O2. The summed E-state index contributed by atoms with van der Waals surface area (Å²) in [6.45, 7) is 0.314. The summed E-state index contributed by atoms with van der Waals surface area (Å²) in [5, 5.41) is 6.99. The molecule has 0 radical (unpaired) electrons. The summed E-state index contributed by atoms with van der Waals surface area (Å²) in [6, 6.07) is 19.9. The summed E-state index contributed by atoms with van der Waals surface area (Å²) >= 11 is 6.17. The predicted octanol–water partition coefficient (Wildman–Crippen LogP) is 4.66. The Balaban J connectivity index is 1.50. The lowest BCUT2D eigenvalue weighted by Gasteiger charge is -2.19. The second kappa shape index (κ2) is 10.3. The van der Waals surface area contributed by atoms with Gasteiger partial charge in [0.15, 0.2) is 0 Å². The summed E-state index contributed by atoms with van der Waals surface area (Å²) < 4.78 is 13.4. The molecule has 168 valence electrons. The van der Waals surface area contributed by atoms with E-state index in [1.807, 2.05) is 30.5 Å². The van der Waals surface area contributed by atoms with Crippen molar-refractivity contribution in [3.05, 3.63) is 107 Å². The predicted molar refractivity (Wildman–Crippen MR) is 128 cm³/mol. The van der Waals surface area contributed by atoms with Crippen LogP contribution in [-0.2, 0) is 17.6 Å². The van der Waals surface area contributed by atoms with Crippen LogP contribution >= 0.6 is 11.6 Å². The number of rotatable bonds is 8. The highest BCUT2D eigenvalue weighted by Gasteiger charge is 2.24. The van der Waals surface area contributed by atoms with Gasteiger partial charge in [0.2, 0.25) is 5.91 Å². The largest absolute Gasteiger partial charge is 0.361 e. The first-order valence-corrected chi connectivity index (χ1v) is 11.0. The third-order valence-electron chi connectivity index (χ3n) is 5.44. The van der Waals surface area contributed by atoms with Crippen molar-refractivity contribution in [3.8, 4) is 0 Å². The van der Waals surface area contributed by atoms with Gasteiger partial charge in [0.25, 0.3) is 5.91 Å². The summed E-state index contributed by atoms with van der Waals surface area (Å²) in [6.07, 6.45) is 2.62. The number of nitrogens with one attached hydrogen (secondary N) is 3. The lowest BCUT2D eigenvalue weighted by Crippen LogP contribution is -2.48. The molecule has 0 fully saturated rings. The Kier molecular flexibility index (Phi) is 7.05.